The number of carbonyl (C=O) groups is 1. The van der Waals surface area contributed by atoms with E-state index in [1.807, 2.05) is 0 Å². The van der Waals surface area contributed by atoms with Gasteiger partial charge in [0.25, 0.3) is 0 Å². The maximum atomic E-state index is 10.9. The van der Waals surface area contributed by atoms with E-state index in [1.54, 1.807) is 0 Å². The van der Waals surface area contributed by atoms with Gasteiger partial charge in [-0.3, -0.25) is 4.79 Å². The van der Waals surface area contributed by atoms with Crippen molar-refractivity contribution in [3.63, 3.8) is 0 Å². The summed E-state index contributed by atoms with van der Waals surface area (Å²) < 4.78 is 5.03. The van der Waals surface area contributed by atoms with Crippen molar-refractivity contribution in [2.75, 3.05) is 0 Å². The number of aliphatic hydroxyl groups is 2. The molecule has 1 aliphatic carbocycles. The van der Waals surface area contributed by atoms with Gasteiger partial charge in [-0.25, -0.2) is 0 Å². The van der Waals surface area contributed by atoms with Gasteiger partial charge in [-0.15, -0.1) is 6.58 Å². The molecule has 2 N–H and O–H groups in total. The molecule has 0 aromatic rings. The Labute approximate surface area is 89.6 Å². The third kappa shape index (κ3) is 2.58. The minimum atomic E-state index is -1.37. The molecule has 0 radical (unpaired) electrons. The van der Waals surface area contributed by atoms with Crippen LogP contribution in [0.3, 0.4) is 0 Å². The lowest BCUT2D eigenvalue weighted by molar-refractivity contribution is -0.192. The highest BCUT2D eigenvalue weighted by Gasteiger charge is 2.46. The second-order valence-electron chi connectivity index (χ2n) is 4.03. The van der Waals surface area contributed by atoms with Crippen LogP contribution in [-0.4, -0.2) is 34.0 Å². The first-order chi connectivity index (χ1) is 7.00. The lowest BCUT2D eigenvalue weighted by atomic mass is 9.77. The van der Waals surface area contributed by atoms with Crippen molar-refractivity contribution < 1.29 is 19.7 Å². The van der Waals surface area contributed by atoms with Crippen LogP contribution in [0.15, 0.2) is 12.7 Å². The zero-order valence-corrected chi connectivity index (χ0v) is 8.98. The molecule has 86 valence electrons. The molecular formula is C11H18O4. The summed E-state index contributed by atoms with van der Waals surface area (Å²) in [5.41, 5.74) is -1.37. The topological polar surface area (TPSA) is 66.8 Å². The summed E-state index contributed by atoms with van der Waals surface area (Å²) in [4.78, 5) is 10.9. The number of hydrogen-bond acceptors (Lipinski definition) is 4. The Kier molecular flexibility index (Phi) is 3.88. The van der Waals surface area contributed by atoms with Gasteiger partial charge in [0.2, 0.25) is 0 Å². The van der Waals surface area contributed by atoms with Crippen molar-refractivity contribution in [1.82, 2.24) is 0 Å². The fourth-order valence-electron chi connectivity index (χ4n) is 2.07. The number of aliphatic hydroxyl groups excluding tert-OH is 1. The average Bonchev–Trinajstić information content (AvgIpc) is 2.13. The van der Waals surface area contributed by atoms with Gasteiger partial charge in [-0.2, -0.15) is 0 Å². The number of carbonyl (C=O) groups excluding carboxylic acids is 1. The molecule has 0 aromatic carbocycles. The molecule has 1 fully saturated rings. The van der Waals surface area contributed by atoms with Gasteiger partial charge in [0.1, 0.15) is 11.7 Å². The second kappa shape index (κ2) is 4.77. The molecule has 0 spiro atoms. The predicted molar refractivity (Wildman–Crippen MR) is 55.2 cm³/mol. The molecule has 1 rings (SSSR count). The zero-order chi connectivity index (χ0) is 11.5. The van der Waals surface area contributed by atoms with Gasteiger partial charge < -0.3 is 14.9 Å². The number of rotatable bonds is 3. The molecule has 0 saturated heterocycles. The van der Waals surface area contributed by atoms with Crippen LogP contribution < -0.4 is 0 Å². The molecule has 3 atom stereocenters. The lowest BCUT2D eigenvalue weighted by Crippen LogP contribution is -2.55. The van der Waals surface area contributed by atoms with Gasteiger partial charge in [-0.1, -0.05) is 6.08 Å². The van der Waals surface area contributed by atoms with Crippen molar-refractivity contribution in [2.45, 2.75) is 50.4 Å². The van der Waals surface area contributed by atoms with Crippen LogP contribution >= 0.6 is 0 Å². The van der Waals surface area contributed by atoms with Crippen LogP contribution in [0.5, 0.6) is 0 Å². The van der Waals surface area contributed by atoms with Crippen LogP contribution in [0.25, 0.3) is 0 Å². The van der Waals surface area contributed by atoms with Crippen molar-refractivity contribution >= 4 is 5.97 Å². The molecule has 4 heteroatoms. The highest BCUT2D eigenvalue weighted by molar-refractivity contribution is 5.66. The van der Waals surface area contributed by atoms with Gasteiger partial charge in [0, 0.05) is 13.3 Å². The standard InChI is InChI=1S/C11H18O4/c1-3-7-11(14)9(13)5-4-6-10(11)15-8(2)12/h3,9-10,13-14H,1,4-7H2,2H3/t9-,10+,11-/m1/s1. The smallest absolute Gasteiger partial charge is 0.303 e. The molecule has 1 saturated carbocycles. The summed E-state index contributed by atoms with van der Waals surface area (Å²) >= 11 is 0. The summed E-state index contributed by atoms with van der Waals surface area (Å²) in [6, 6.07) is 0. The Balaban J connectivity index is 2.80. The molecule has 0 aliphatic heterocycles. The third-order valence-electron chi connectivity index (χ3n) is 2.86. The highest BCUT2D eigenvalue weighted by Crippen LogP contribution is 2.34. The fourth-order valence-corrected chi connectivity index (χ4v) is 2.07. The molecule has 0 heterocycles. The molecule has 0 aromatic heterocycles. The maximum Gasteiger partial charge on any atom is 0.303 e. The van der Waals surface area contributed by atoms with Gasteiger partial charge in [0.15, 0.2) is 0 Å². The largest absolute Gasteiger partial charge is 0.459 e. The minimum Gasteiger partial charge on any atom is -0.459 e. The number of ether oxygens (including phenoxy) is 1. The van der Waals surface area contributed by atoms with Crippen molar-refractivity contribution in [1.29, 1.82) is 0 Å². The van der Waals surface area contributed by atoms with E-state index in [9.17, 15) is 15.0 Å². The summed E-state index contributed by atoms with van der Waals surface area (Å²) in [6.45, 7) is 4.84. The van der Waals surface area contributed by atoms with Crippen LogP contribution in [0.2, 0.25) is 0 Å². The van der Waals surface area contributed by atoms with Crippen LogP contribution in [-0.2, 0) is 9.53 Å². The molecule has 0 unspecified atom stereocenters. The quantitative estimate of drug-likeness (QED) is 0.538. The maximum absolute atomic E-state index is 10.9. The fraction of sp³-hybridized carbons (Fsp3) is 0.727. The first-order valence-electron chi connectivity index (χ1n) is 5.19. The van der Waals surface area contributed by atoms with E-state index >= 15 is 0 Å². The molecule has 0 amide bonds. The highest BCUT2D eigenvalue weighted by atomic mass is 16.6. The Bertz CT molecular complexity index is 251. The van der Waals surface area contributed by atoms with Crippen LogP contribution in [0.1, 0.15) is 32.6 Å². The Morgan fingerprint density at radius 1 is 1.67 bits per heavy atom. The SMILES string of the molecule is C=CC[C@@]1(O)[C@H](O)CCC[C@@H]1OC(C)=O. The molecular weight excluding hydrogens is 196 g/mol. The Morgan fingerprint density at radius 3 is 2.87 bits per heavy atom. The lowest BCUT2D eigenvalue weighted by Gasteiger charge is -2.42. The van der Waals surface area contributed by atoms with E-state index in [4.69, 9.17) is 4.74 Å². The van der Waals surface area contributed by atoms with Crippen molar-refractivity contribution in [3.8, 4) is 0 Å². The third-order valence-corrected chi connectivity index (χ3v) is 2.86. The predicted octanol–water partition coefficient (Wildman–Crippen LogP) is 0.770. The van der Waals surface area contributed by atoms with Gasteiger partial charge in [-0.05, 0) is 19.3 Å². The molecule has 0 bridgehead atoms. The number of esters is 1. The van der Waals surface area contributed by atoms with E-state index in [0.717, 1.165) is 6.42 Å². The van der Waals surface area contributed by atoms with Crippen molar-refractivity contribution in [2.24, 2.45) is 0 Å². The van der Waals surface area contributed by atoms with E-state index in [-0.39, 0.29) is 6.42 Å². The molecule has 15 heavy (non-hydrogen) atoms. The van der Waals surface area contributed by atoms with Crippen molar-refractivity contribution in [3.05, 3.63) is 12.7 Å². The summed E-state index contributed by atoms with van der Waals surface area (Å²) in [5.74, 6) is -0.434. The summed E-state index contributed by atoms with van der Waals surface area (Å²) in [7, 11) is 0. The Morgan fingerprint density at radius 2 is 2.33 bits per heavy atom. The summed E-state index contributed by atoms with van der Waals surface area (Å²) in [5, 5.41) is 20.0. The monoisotopic (exact) mass is 214 g/mol. The molecule has 1 aliphatic rings. The van der Waals surface area contributed by atoms with E-state index in [0.29, 0.717) is 12.8 Å². The van der Waals surface area contributed by atoms with E-state index in [1.165, 1.54) is 13.0 Å². The zero-order valence-electron chi connectivity index (χ0n) is 8.98. The second-order valence-corrected chi connectivity index (χ2v) is 4.03. The van der Waals surface area contributed by atoms with Gasteiger partial charge in [0.05, 0.1) is 6.10 Å². The first kappa shape index (κ1) is 12.2. The number of hydrogen-bond donors (Lipinski definition) is 2. The van der Waals surface area contributed by atoms with Gasteiger partial charge >= 0.3 is 5.97 Å². The molecule has 4 nitrogen and oxygen atoms in total. The summed E-state index contributed by atoms with van der Waals surface area (Å²) in [6.07, 6.45) is 2.14. The normalized spacial score (nSPS) is 35.9. The first-order valence-corrected chi connectivity index (χ1v) is 5.19. The van der Waals surface area contributed by atoms with Crippen LogP contribution in [0.4, 0.5) is 0 Å². The Hall–Kier alpha value is -0.870. The van der Waals surface area contributed by atoms with E-state index in [2.05, 4.69) is 6.58 Å². The van der Waals surface area contributed by atoms with Crippen LogP contribution in [0, 0.1) is 0 Å². The average molecular weight is 214 g/mol. The minimum absolute atomic E-state index is 0.228. The van der Waals surface area contributed by atoms with E-state index < -0.39 is 23.8 Å².